The Kier molecular flexibility index (Phi) is 8.25. The zero-order chi connectivity index (χ0) is 23.1. The van der Waals surface area contributed by atoms with Gasteiger partial charge in [0.15, 0.2) is 11.5 Å². The summed E-state index contributed by atoms with van der Waals surface area (Å²) in [6.07, 6.45) is 0. The Bertz CT molecular complexity index is 1030. The monoisotopic (exact) mass is 453 g/mol. The molecule has 1 amide bonds. The highest BCUT2D eigenvalue weighted by Gasteiger charge is 2.23. The van der Waals surface area contributed by atoms with Crippen molar-refractivity contribution in [3.05, 3.63) is 64.8 Å². The highest BCUT2D eigenvalue weighted by molar-refractivity contribution is 7.15. The first kappa shape index (κ1) is 23.8. The molecular weight excluding hydrogens is 422 g/mol. The summed E-state index contributed by atoms with van der Waals surface area (Å²) < 4.78 is 10.9. The number of nitrogens with one attached hydrogen (secondary N) is 1. The maximum absolute atomic E-state index is 13.2. The van der Waals surface area contributed by atoms with Gasteiger partial charge >= 0.3 is 0 Å². The number of benzene rings is 2. The molecule has 1 unspecified atom stereocenters. The summed E-state index contributed by atoms with van der Waals surface area (Å²) in [5, 5.41) is 4.00. The summed E-state index contributed by atoms with van der Waals surface area (Å²) in [5.74, 6) is 1.20. The molecule has 0 spiro atoms. The van der Waals surface area contributed by atoms with Gasteiger partial charge in [-0.2, -0.15) is 0 Å². The topological polar surface area (TPSA) is 63.7 Å². The van der Waals surface area contributed by atoms with Crippen molar-refractivity contribution in [2.24, 2.45) is 0 Å². The van der Waals surface area contributed by atoms with E-state index in [1.807, 2.05) is 55.5 Å². The van der Waals surface area contributed by atoms with Crippen LogP contribution in [0.4, 0.5) is 0 Å². The number of rotatable bonds is 10. The van der Waals surface area contributed by atoms with Crippen LogP contribution in [0.3, 0.4) is 0 Å². The van der Waals surface area contributed by atoms with E-state index in [4.69, 9.17) is 9.47 Å². The van der Waals surface area contributed by atoms with E-state index >= 15 is 0 Å². The quantitative estimate of drug-likeness (QED) is 0.471. The SMILES string of the molecule is CCN(CC)C(CNC(=O)c1nc(C)sc1-c1ccccc1)c1ccc(OC)c(OC)c1. The maximum atomic E-state index is 13.2. The minimum atomic E-state index is -0.161. The maximum Gasteiger partial charge on any atom is 0.271 e. The van der Waals surface area contributed by atoms with Crippen LogP contribution in [0.2, 0.25) is 0 Å². The fraction of sp³-hybridized carbons (Fsp3) is 0.360. The van der Waals surface area contributed by atoms with Gasteiger partial charge < -0.3 is 14.8 Å². The second kappa shape index (κ2) is 11.1. The smallest absolute Gasteiger partial charge is 0.271 e. The fourth-order valence-corrected chi connectivity index (χ4v) is 4.74. The lowest BCUT2D eigenvalue weighted by molar-refractivity contribution is 0.0931. The lowest BCUT2D eigenvalue weighted by Gasteiger charge is -2.30. The van der Waals surface area contributed by atoms with Gasteiger partial charge in [0, 0.05) is 6.54 Å². The van der Waals surface area contributed by atoms with Crippen LogP contribution in [0.1, 0.15) is 40.9 Å². The van der Waals surface area contributed by atoms with E-state index in [2.05, 4.69) is 29.0 Å². The van der Waals surface area contributed by atoms with Gasteiger partial charge in [-0.1, -0.05) is 50.2 Å². The Morgan fingerprint density at radius 1 is 1.06 bits per heavy atom. The molecule has 1 aromatic heterocycles. The molecule has 0 saturated heterocycles. The number of nitrogens with zero attached hydrogens (tertiary/aromatic N) is 2. The second-order valence-electron chi connectivity index (χ2n) is 7.34. The van der Waals surface area contributed by atoms with E-state index in [-0.39, 0.29) is 11.9 Å². The molecule has 0 aliphatic rings. The normalized spacial score (nSPS) is 11.9. The van der Waals surface area contributed by atoms with Crippen LogP contribution >= 0.6 is 11.3 Å². The zero-order valence-corrected chi connectivity index (χ0v) is 20.2. The van der Waals surface area contributed by atoms with E-state index in [0.29, 0.717) is 23.7 Å². The van der Waals surface area contributed by atoms with E-state index in [0.717, 1.165) is 34.1 Å². The molecule has 1 atom stereocenters. The van der Waals surface area contributed by atoms with Gasteiger partial charge in [-0.25, -0.2) is 4.98 Å². The minimum Gasteiger partial charge on any atom is -0.493 e. The molecule has 7 heteroatoms. The molecule has 1 heterocycles. The molecule has 32 heavy (non-hydrogen) atoms. The van der Waals surface area contributed by atoms with Crippen molar-refractivity contribution in [1.82, 2.24) is 15.2 Å². The lowest BCUT2D eigenvalue weighted by Crippen LogP contribution is -2.38. The van der Waals surface area contributed by atoms with Crippen molar-refractivity contribution in [3.63, 3.8) is 0 Å². The van der Waals surface area contributed by atoms with Crippen molar-refractivity contribution >= 4 is 17.2 Å². The molecule has 3 rings (SSSR count). The minimum absolute atomic E-state index is 0.00587. The number of likely N-dealkylation sites (N-methyl/N-ethyl adjacent to an activating group) is 1. The Balaban J connectivity index is 1.86. The Hall–Kier alpha value is -2.90. The molecule has 6 nitrogen and oxygen atoms in total. The van der Waals surface area contributed by atoms with Crippen molar-refractivity contribution < 1.29 is 14.3 Å². The molecule has 1 N–H and O–H groups in total. The predicted octanol–water partition coefficient (Wildman–Crippen LogP) is 4.95. The number of aryl methyl sites for hydroxylation is 1. The van der Waals surface area contributed by atoms with Crippen LogP contribution in [0.15, 0.2) is 48.5 Å². The molecular formula is C25H31N3O3S. The van der Waals surface area contributed by atoms with E-state index in [1.165, 1.54) is 11.3 Å². The first-order valence-corrected chi connectivity index (χ1v) is 11.6. The summed E-state index contributed by atoms with van der Waals surface area (Å²) in [7, 11) is 3.26. The van der Waals surface area contributed by atoms with Crippen molar-refractivity contribution in [1.29, 1.82) is 0 Å². The molecule has 3 aromatic rings. The summed E-state index contributed by atoms with van der Waals surface area (Å²) in [4.78, 5) is 20.9. The predicted molar refractivity (Wildman–Crippen MR) is 130 cm³/mol. The van der Waals surface area contributed by atoms with Crippen LogP contribution in [0.5, 0.6) is 11.5 Å². The highest BCUT2D eigenvalue weighted by atomic mass is 32.1. The van der Waals surface area contributed by atoms with Gasteiger partial charge in [-0.05, 0) is 43.3 Å². The average molecular weight is 454 g/mol. The standard InChI is InChI=1S/C25H31N3O3S/c1-6-28(7-2)20(19-13-14-21(30-4)22(15-19)31-5)16-26-25(29)23-24(32-17(3)27-23)18-11-9-8-10-12-18/h8-15,20H,6-7,16H2,1-5H3,(H,26,29). The highest BCUT2D eigenvalue weighted by Crippen LogP contribution is 2.33. The van der Waals surface area contributed by atoms with Gasteiger partial charge in [-0.3, -0.25) is 9.69 Å². The largest absolute Gasteiger partial charge is 0.493 e. The van der Waals surface area contributed by atoms with E-state index < -0.39 is 0 Å². The van der Waals surface area contributed by atoms with Gasteiger partial charge in [-0.15, -0.1) is 11.3 Å². The Morgan fingerprint density at radius 3 is 2.38 bits per heavy atom. The number of amides is 1. The van der Waals surface area contributed by atoms with Crippen LogP contribution in [0, 0.1) is 6.92 Å². The van der Waals surface area contributed by atoms with Gasteiger partial charge in [0.05, 0.1) is 30.1 Å². The molecule has 0 fully saturated rings. The van der Waals surface area contributed by atoms with Crippen molar-refractivity contribution in [2.45, 2.75) is 26.8 Å². The number of methoxy groups -OCH3 is 2. The number of ether oxygens (including phenoxy) is 2. The number of hydrogen-bond acceptors (Lipinski definition) is 6. The van der Waals surface area contributed by atoms with Crippen LogP contribution < -0.4 is 14.8 Å². The molecule has 170 valence electrons. The average Bonchev–Trinajstić information content (AvgIpc) is 3.23. The molecule has 0 radical (unpaired) electrons. The number of carbonyl (C=O) groups is 1. The third-order valence-corrected chi connectivity index (χ3v) is 6.51. The second-order valence-corrected chi connectivity index (χ2v) is 8.54. The Labute approximate surface area is 194 Å². The summed E-state index contributed by atoms with van der Waals surface area (Å²) in [6.45, 7) is 8.34. The molecule has 2 aromatic carbocycles. The van der Waals surface area contributed by atoms with Crippen LogP contribution in [-0.2, 0) is 0 Å². The number of hydrogen-bond donors (Lipinski definition) is 1. The van der Waals surface area contributed by atoms with E-state index in [1.54, 1.807) is 14.2 Å². The van der Waals surface area contributed by atoms with Crippen LogP contribution in [0.25, 0.3) is 10.4 Å². The van der Waals surface area contributed by atoms with Gasteiger partial charge in [0.25, 0.3) is 5.91 Å². The van der Waals surface area contributed by atoms with Gasteiger partial charge in [0.1, 0.15) is 5.69 Å². The summed E-state index contributed by atoms with van der Waals surface area (Å²) in [6, 6.07) is 15.8. The molecule has 0 aliphatic heterocycles. The third kappa shape index (κ3) is 5.29. The number of aromatic nitrogens is 1. The number of thiazole rings is 1. The lowest BCUT2D eigenvalue weighted by atomic mass is 10.0. The van der Waals surface area contributed by atoms with E-state index in [9.17, 15) is 4.79 Å². The summed E-state index contributed by atoms with van der Waals surface area (Å²) >= 11 is 1.54. The Morgan fingerprint density at radius 2 is 1.75 bits per heavy atom. The fourth-order valence-electron chi connectivity index (χ4n) is 3.82. The molecule has 0 saturated carbocycles. The molecule has 0 bridgehead atoms. The van der Waals surface area contributed by atoms with Crippen molar-refractivity contribution in [3.8, 4) is 21.9 Å². The third-order valence-electron chi connectivity index (χ3n) is 5.49. The first-order valence-electron chi connectivity index (χ1n) is 10.8. The molecule has 0 aliphatic carbocycles. The van der Waals surface area contributed by atoms with Gasteiger partial charge in [0.2, 0.25) is 0 Å². The zero-order valence-electron chi connectivity index (χ0n) is 19.3. The summed E-state index contributed by atoms with van der Waals surface area (Å²) in [5.41, 5.74) is 2.54. The number of carbonyl (C=O) groups excluding carboxylic acids is 1. The van der Waals surface area contributed by atoms with Crippen molar-refractivity contribution in [2.75, 3.05) is 33.9 Å². The first-order chi connectivity index (χ1) is 15.5. The van der Waals surface area contributed by atoms with Crippen LogP contribution in [-0.4, -0.2) is 49.6 Å².